The minimum absolute atomic E-state index is 0.372. The number of H-pyrrole nitrogens is 1. The molecule has 3 aromatic heterocycles. The van der Waals surface area contributed by atoms with Crippen LogP contribution in [0.4, 0.5) is 17.6 Å². The largest absolute Gasteiger partial charge is 0.365 e. The fourth-order valence-corrected chi connectivity index (χ4v) is 3.75. The molecule has 0 saturated carbocycles. The third-order valence-corrected chi connectivity index (χ3v) is 5.29. The molecule has 3 N–H and O–H groups in total. The molecule has 0 aliphatic carbocycles. The van der Waals surface area contributed by atoms with Crippen molar-refractivity contribution in [3.8, 4) is 0 Å². The molecule has 9 heteroatoms. The number of nitrogens with one attached hydrogen (secondary N) is 3. The number of aromatic amines is 1. The molecule has 9 nitrogen and oxygen atoms in total. The van der Waals surface area contributed by atoms with Gasteiger partial charge in [-0.05, 0) is 24.5 Å². The van der Waals surface area contributed by atoms with Gasteiger partial charge in [0.2, 0.25) is 5.95 Å². The van der Waals surface area contributed by atoms with Gasteiger partial charge in [-0.3, -0.25) is 4.90 Å². The smallest absolute Gasteiger partial charge is 0.208 e. The van der Waals surface area contributed by atoms with Crippen molar-refractivity contribution in [2.75, 3.05) is 23.7 Å². The van der Waals surface area contributed by atoms with E-state index in [0.29, 0.717) is 23.5 Å². The predicted octanol–water partition coefficient (Wildman–Crippen LogP) is 2.96. The number of hydrogen-bond donors (Lipinski definition) is 3. The van der Waals surface area contributed by atoms with Crippen LogP contribution in [0, 0.1) is 0 Å². The number of imidazole rings is 1. The third kappa shape index (κ3) is 4.20. The monoisotopic (exact) mass is 401 g/mol. The molecule has 5 rings (SSSR count). The van der Waals surface area contributed by atoms with Gasteiger partial charge in [-0.25, -0.2) is 19.9 Å². The summed E-state index contributed by atoms with van der Waals surface area (Å²) in [4.78, 5) is 27.1. The molecule has 0 radical (unpaired) electrons. The van der Waals surface area contributed by atoms with Gasteiger partial charge in [-0.1, -0.05) is 30.3 Å². The summed E-state index contributed by atoms with van der Waals surface area (Å²) in [6.45, 7) is 3.12. The number of hydrogen-bond acceptors (Lipinski definition) is 8. The zero-order chi connectivity index (χ0) is 20.2. The van der Waals surface area contributed by atoms with Crippen molar-refractivity contribution in [1.82, 2.24) is 34.8 Å². The van der Waals surface area contributed by atoms with Crippen molar-refractivity contribution in [3.05, 3.63) is 60.8 Å². The summed E-state index contributed by atoms with van der Waals surface area (Å²) in [5.41, 5.74) is 2.77. The molecule has 0 spiro atoms. The molecule has 1 fully saturated rings. The lowest BCUT2D eigenvalue weighted by molar-refractivity contribution is 0.211. The van der Waals surface area contributed by atoms with Gasteiger partial charge in [-0.15, -0.1) is 0 Å². The van der Waals surface area contributed by atoms with Crippen molar-refractivity contribution in [2.24, 2.45) is 0 Å². The van der Waals surface area contributed by atoms with E-state index >= 15 is 0 Å². The van der Waals surface area contributed by atoms with Gasteiger partial charge >= 0.3 is 0 Å². The molecule has 4 aromatic rings. The summed E-state index contributed by atoms with van der Waals surface area (Å²) in [6.07, 6.45) is 6.85. The van der Waals surface area contributed by atoms with Crippen LogP contribution < -0.4 is 10.6 Å². The average molecular weight is 401 g/mol. The Kier molecular flexibility index (Phi) is 5.17. The Bertz CT molecular complexity index is 1090. The normalized spacial score (nSPS) is 15.3. The second-order valence-corrected chi connectivity index (χ2v) is 7.41. The second-order valence-electron chi connectivity index (χ2n) is 7.41. The summed E-state index contributed by atoms with van der Waals surface area (Å²) in [5, 5.41) is 6.72. The molecule has 30 heavy (non-hydrogen) atoms. The Balaban J connectivity index is 1.23. The number of piperidine rings is 1. The molecule has 1 saturated heterocycles. The maximum atomic E-state index is 4.49. The lowest BCUT2D eigenvalue weighted by Gasteiger charge is -2.32. The van der Waals surface area contributed by atoms with Crippen molar-refractivity contribution in [1.29, 1.82) is 0 Å². The van der Waals surface area contributed by atoms with Gasteiger partial charge in [0.15, 0.2) is 11.5 Å². The Morgan fingerprint density at radius 2 is 1.87 bits per heavy atom. The average Bonchev–Trinajstić information content (AvgIpc) is 3.20. The molecule has 1 aromatic carbocycles. The number of aromatic nitrogens is 6. The van der Waals surface area contributed by atoms with Gasteiger partial charge in [0.1, 0.15) is 24.0 Å². The maximum Gasteiger partial charge on any atom is 0.208 e. The van der Waals surface area contributed by atoms with E-state index in [0.717, 1.165) is 43.8 Å². The van der Waals surface area contributed by atoms with E-state index in [4.69, 9.17) is 0 Å². The highest BCUT2D eigenvalue weighted by molar-refractivity contribution is 5.84. The standard InChI is InChI=1S/C21H23N9/c1-2-4-15(5-3-1)12-30-10-7-16(8-11-30)26-19-18-20(25-14-24-19)29-21(28-18)27-17-6-9-22-13-23-17/h1-6,9,13-14,16H,7-8,10-12H2,(H3,22,23,24,25,26,27,28,29). The minimum atomic E-state index is 0.372. The van der Waals surface area contributed by atoms with E-state index in [1.807, 2.05) is 0 Å². The van der Waals surface area contributed by atoms with E-state index in [1.165, 1.54) is 11.9 Å². The summed E-state index contributed by atoms with van der Waals surface area (Å²) in [5.74, 6) is 2.02. The Morgan fingerprint density at radius 3 is 2.67 bits per heavy atom. The van der Waals surface area contributed by atoms with Crippen LogP contribution in [-0.2, 0) is 6.54 Å². The van der Waals surface area contributed by atoms with Crippen LogP contribution >= 0.6 is 0 Å². The van der Waals surface area contributed by atoms with Gasteiger partial charge in [0.05, 0.1) is 0 Å². The van der Waals surface area contributed by atoms with Crippen molar-refractivity contribution < 1.29 is 0 Å². The lowest BCUT2D eigenvalue weighted by atomic mass is 10.0. The Hall–Kier alpha value is -3.59. The van der Waals surface area contributed by atoms with Crippen LogP contribution in [0.15, 0.2) is 55.2 Å². The van der Waals surface area contributed by atoms with Crippen LogP contribution in [0.5, 0.6) is 0 Å². The highest BCUT2D eigenvalue weighted by atomic mass is 15.2. The SMILES string of the molecule is c1ccc(CN2CCC(Nc3ncnc4nc(Nc5ccncn5)[nH]c34)CC2)cc1. The molecular weight excluding hydrogens is 378 g/mol. The number of rotatable bonds is 6. The van der Waals surface area contributed by atoms with Crippen molar-refractivity contribution in [3.63, 3.8) is 0 Å². The first kappa shape index (κ1) is 18.4. The highest BCUT2D eigenvalue weighted by Gasteiger charge is 2.21. The molecule has 152 valence electrons. The topological polar surface area (TPSA) is 108 Å². The summed E-state index contributed by atoms with van der Waals surface area (Å²) >= 11 is 0. The molecule has 4 heterocycles. The summed E-state index contributed by atoms with van der Waals surface area (Å²) < 4.78 is 0. The summed E-state index contributed by atoms with van der Waals surface area (Å²) in [7, 11) is 0. The van der Waals surface area contributed by atoms with Gasteiger partial charge < -0.3 is 15.6 Å². The molecule has 0 bridgehead atoms. The molecule has 1 aliphatic heterocycles. The van der Waals surface area contributed by atoms with Crippen LogP contribution in [0.1, 0.15) is 18.4 Å². The number of nitrogens with zero attached hydrogens (tertiary/aromatic N) is 6. The quantitative estimate of drug-likeness (QED) is 0.453. The van der Waals surface area contributed by atoms with Crippen LogP contribution in [0.3, 0.4) is 0 Å². The van der Waals surface area contributed by atoms with Gasteiger partial charge in [-0.2, -0.15) is 4.98 Å². The predicted molar refractivity (Wildman–Crippen MR) is 115 cm³/mol. The number of fused-ring (bicyclic) bond motifs is 1. The zero-order valence-electron chi connectivity index (χ0n) is 16.5. The first-order chi connectivity index (χ1) is 14.8. The van der Waals surface area contributed by atoms with E-state index < -0.39 is 0 Å². The molecule has 0 unspecified atom stereocenters. The summed E-state index contributed by atoms with van der Waals surface area (Å²) in [6, 6.07) is 12.8. The van der Waals surface area contributed by atoms with E-state index in [-0.39, 0.29) is 0 Å². The zero-order valence-corrected chi connectivity index (χ0v) is 16.5. The molecule has 1 aliphatic rings. The molecule has 0 atom stereocenters. The van der Waals surface area contributed by atoms with Gasteiger partial charge in [0.25, 0.3) is 0 Å². The number of likely N-dealkylation sites (tertiary alicyclic amines) is 1. The number of benzene rings is 1. The minimum Gasteiger partial charge on any atom is -0.365 e. The maximum absolute atomic E-state index is 4.49. The fraction of sp³-hybridized carbons (Fsp3) is 0.286. The van der Waals surface area contributed by atoms with Crippen LogP contribution in [-0.4, -0.2) is 53.9 Å². The fourth-order valence-electron chi connectivity index (χ4n) is 3.75. The van der Waals surface area contributed by atoms with Crippen LogP contribution in [0.25, 0.3) is 11.2 Å². The lowest BCUT2D eigenvalue weighted by Crippen LogP contribution is -2.38. The Morgan fingerprint density at radius 1 is 1.00 bits per heavy atom. The van der Waals surface area contributed by atoms with E-state index in [9.17, 15) is 0 Å². The second kappa shape index (κ2) is 8.42. The van der Waals surface area contributed by atoms with Crippen molar-refractivity contribution >= 4 is 28.7 Å². The number of anilines is 3. The third-order valence-electron chi connectivity index (χ3n) is 5.29. The van der Waals surface area contributed by atoms with Crippen LogP contribution in [0.2, 0.25) is 0 Å². The first-order valence-corrected chi connectivity index (χ1v) is 10.1. The highest BCUT2D eigenvalue weighted by Crippen LogP contribution is 2.23. The van der Waals surface area contributed by atoms with E-state index in [1.54, 1.807) is 18.6 Å². The van der Waals surface area contributed by atoms with Crippen molar-refractivity contribution in [2.45, 2.75) is 25.4 Å². The first-order valence-electron chi connectivity index (χ1n) is 10.1. The van der Waals surface area contributed by atoms with Gasteiger partial charge in [0, 0.05) is 31.9 Å². The molecule has 0 amide bonds. The Labute approximate surface area is 174 Å². The van der Waals surface area contributed by atoms with E-state index in [2.05, 4.69) is 75.8 Å². The molecular formula is C21H23N9.